The molecule has 0 spiro atoms. The zero-order chi connectivity index (χ0) is 23.8. The highest BCUT2D eigenvalue weighted by Gasteiger charge is 2.20. The molecule has 0 radical (unpaired) electrons. The Kier molecular flexibility index (Phi) is 4.88. The molecule has 0 atom stereocenters. The van der Waals surface area contributed by atoms with E-state index in [0.29, 0.717) is 16.8 Å². The molecule has 3 heteroatoms. The summed E-state index contributed by atoms with van der Waals surface area (Å²) >= 11 is 0. The van der Waals surface area contributed by atoms with Gasteiger partial charge in [-0.2, -0.15) is 5.26 Å². The summed E-state index contributed by atoms with van der Waals surface area (Å²) in [5, 5.41) is 12.1. The van der Waals surface area contributed by atoms with Crippen LogP contribution in [0.3, 0.4) is 0 Å². The predicted molar refractivity (Wildman–Crippen MR) is 143 cm³/mol. The zero-order valence-electron chi connectivity index (χ0n) is 18.8. The first-order valence-corrected chi connectivity index (χ1v) is 11.4. The Labute approximate surface area is 203 Å². The van der Waals surface area contributed by atoms with Crippen molar-refractivity contribution in [3.63, 3.8) is 0 Å². The number of hydrogen-bond donors (Lipinski definition) is 0. The van der Waals surface area contributed by atoms with Crippen LogP contribution in [-0.4, -0.2) is 4.57 Å². The molecule has 0 fully saturated rings. The molecule has 0 saturated heterocycles. The minimum absolute atomic E-state index is 0.481. The third-order valence-electron chi connectivity index (χ3n) is 6.44. The summed E-state index contributed by atoms with van der Waals surface area (Å²) in [4.78, 5) is 3.75. The summed E-state index contributed by atoms with van der Waals surface area (Å²) < 4.78 is 2.31. The van der Waals surface area contributed by atoms with E-state index in [1.165, 1.54) is 0 Å². The Balaban J connectivity index is 1.83. The van der Waals surface area contributed by atoms with Crippen molar-refractivity contribution in [2.75, 3.05) is 0 Å². The van der Waals surface area contributed by atoms with Gasteiger partial charge < -0.3 is 4.57 Å². The molecule has 3 nitrogen and oxygen atoms in total. The van der Waals surface area contributed by atoms with Crippen LogP contribution in [0.2, 0.25) is 0 Å². The largest absolute Gasteiger partial charge is 0.309 e. The maximum absolute atomic E-state index is 9.87. The van der Waals surface area contributed by atoms with Gasteiger partial charge in [-0.15, -0.1) is 0 Å². The normalized spacial score (nSPS) is 10.8. The fourth-order valence-corrected chi connectivity index (χ4v) is 4.95. The van der Waals surface area contributed by atoms with Crippen molar-refractivity contribution in [3.8, 4) is 34.0 Å². The predicted octanol–water partition coefficient (Wildman–Crippen LogP) is 8.54. The minimum Gasteiger partial charge on any atom is -0.309 e. The topological polar surface area (TPSA) is 33.1 Å². The maximum atomic E-state index is 9.87. The standard InChI is InChI=1S/C32H19N3/c1-34-29-17-10-13-23(21-33)31(29)24-19-27(22-11-4-2-5-12-22)32-28(20-24)26-16-8-9-18-30(26)35(32)25-14-6-3-7-15-25/h2-20H. The van der Waals surface area contributed by atoms with Gasteiger partial charge >= 0.3 is 0 Å². The number of benzene rings is 5. The summed E-state index contributed by atoms with van der Waals surface area (Å²) in [6.07, 6.45) is 0. The highest BCUT2D eigenvalue weighted by atomic mass is 15.0. The highest BCUT2D eigenvalue weighted by Crippen LogP contribution is 2.43. The summed E-state index contributed by atoms with van der Waals surface area (Å²) in [6, 6.07) is 41.0. The van der Waals surface area contributed by atoms with Crippen LogP contribution < -0.4 is 0 Å². The molecule has 1 heterocycles. The second kappa shape index (κ2) is 8.34. The van der Waals surface area contributed by atoms with E-state index in [1.807, 2.05) is 24.3 Å². The molecule has 0 bridgehead atoms. The van der Waals surface area contributed by atoms with E-state index >= 15 is 0 Å². The Bertz CT molecular complexity index is 1770. The molecule has 5 aromatic carbocycles. The third kappa shape index (κ3) is 3.27. The van der Waals surface area contributed by atoms with Gasteiger partial charge in [0.25, 0.3) is 0 Å². The van der Waals surface area contributed by atoms with Crippen LogP contribution in [0.15, 0.2) is 115 Å². The third-order valence-corrected chi connectivity index (χ3v) is 6.44. The van der Waals surface area contributed by atoms with Gasteiger partial charge in [-0.1, -0.05) is 78.9 Å². The van der Waals surface area contributed by atoms with E-state index in [9.17, 15) is 5.26 Å². The van der Waals surface area contributed by atoms with E-state index in [0.717, 1.165) is 44.2 Å². The second-order valence-corrected chi connectivity index (χ2v) is 8.40. The first kappa shape index (κ1) is 20.5. The Morgan fingerprint density at radius 2 is 1.40 bits per heavy atom. The van der Waals surface area contributed by atoms with Crippen LogP contribution in [0.4, 0.5) is 5.69 Å². The van der Waals surface area contributed by atoms with Gasteiger partial charge in [-0.25, -0.2) is 4.85 Å². The smallest absolute Gasteiger partial charge is 0.196 e. The van der Waals surface area contributed by atoms with Gasteiger partial charge in [0.05, 0.1) is 23.7 Å². The van der Waals surface area contributed by atoms with Crippen LogP contribution in [0.1, 0.15) is 5.56 Å². The van der Waals surface area contributed by atoms with Gasteiger partial charge in [-0.05, 0) is 47.5 Å². The minimum atomic E-state index is 0.481. The Hall–Kier alpha value is -5.12. The number of para-hydroxylation sites is 2. The second-order valence-electron chi connectivity index (χ2n) is 8.40. The van der Waals surface area contributed by atoms with Gasteiger partial charge in [0.1, 0.15) is 0 Å². The van der Waals surface area contributed by atoms with Crippen LogP contribution in [0.25, 0.3) is 54.6 Å². The molecule has 0 aliphatic rings. The van der Waals surface area contributed by atoms with E-state index in [2.05, 4.69) is 88.3 Å². The first-order valence-electron chi connectivity index (χ1n) is 11.4. The number of rotatable bonds is 3. The Morgan fingerprint density at radius 1 is 0.686 bits per heavy atom. The van der Waals surface area contributed by atoms with Crippen molar-refractivity contribution in [3.05, 3.63) is 132 Å². The molecule has 0 N–H and O–H groups in total. The average molecular weight is 446 g/mol. The molecular formula is C32H19N3. The lowest BCUT2D eigenvalue weighted by molar-refractivity contribution is 1.18. The van der Waals surface area contributed by atoms with Gasteiger partial charge in [0.15, 0.2) is 5.69 Å². The Morgan fingerprint density at radius 3 is 2.14 bits per heavy atom. The lowest BCUT2D eigenvalue weighted by Gasteiger charge is -2.15. The molecule has 6 aromatic rings. The summed E-state index contributed by atoms with van der Waals surface area (Å²) in [5.41, 5.74) is 7.98. The monoisotopic (exact) mass is 445 g/mol. The van der Waals surface area contributed by atoms with E-state index in [4.69, 9.17) is 6.57 Å². The van der Waals surface area contributed by atoms with Gasteiger partial charge in [0, 0.05) is 33.2 Å². The van der Waals surface area contributed by atoms with Crippen molar-refractivity contribution in [2.45, 2.75) is 0 Å². The van der Waals surface area contributed by atoms with Crippen LogP contribution >= 0.6 is 0 Å². The molecule has 162 valence electrons. The number of fused-ring (bicyclic) bond motifs is 3. The molecule has 0 saturated carbocycles. The van der Waals surface area contributed by atoms with Crippen molar-refractivity contribution in [2.24, 2.45) is 0 Å². The van der Waals surface area contributed by atoms with Crippen molar-refractivity contribution in [1.82, 2.24) is 4.57 Å². The molecule has 0 amide bonds. The highest BCUT2D eigenvalue weighted by molar-refractivity contribution is 6.15. The number of hydrogen-bond acceptors (Lipinski definition) is 1. The summed E-state index contributed by atoms with van der Waals surface area (Å²) in [6.45, 7) is 7.75. The molecule has 6 rings (SSSR count). The van der Waals surface area contributed by atoms with E-state index in [-0.39, 0.29) is 0 Å². The van der Waals surface area contributed by atoms with E-state index < -0.39 is 0 Å². The quantitative estimate of drug-likeness (QED) is 0.251. The molecular weight excluding hydrogens is 426 g/mol. The van der Waals surface area contributed by atoms with Crippen LogP contribution in [0.5, 0.6) is 0 Å². The fraction of sp³-hybridized carbons (Fsp3) is 0. The molecule has 0 aliphatic heterocycles. The number of aromatic nitrogens is 1. The first-order chi connectivity index (χ1) is 17.3. The fourth-order valence-electron chi connectivity index (χ4n) is 4.95. The van der Waals surface area contributed by atoms with E-state index in [1.54, 1.807) is 18.2 Å². The molecule has 0 aliphatic carbocycles. The summed E-state index contributed by atoms with van der Waals surface area (Å²) in [5.74, 6) is 0. The van der Waals surface area contributed by atoms with Gasteiger partial charge in [-0.3, -0.25) is 0 Å². The average Bonchev–Trinajstić information content (AvgIpc) is 3.27. The lowest BCUT2D eigenvalue weighted by Crippen LogP contribution is -1.96. The SMILES string of the molecule is [C-]#[N+]c1cccc(C#N)c1-c1cc(-c2ccccc2)c2c(c1)c1ccccc1n2-c1ccccc1. The van der Waals surface area contributed by atoms with Crippen LogP contribution in [0, 0.1) is 17.9 Å². The number of nitrogens with zero attached hydrogens (tertiary/aromatic N) is 3. The van der Waals surface area contributed by atoms with Crippen molar-refractivity contribution in [1.29, 1.82) is 5.26 Å². The molecule has 1 aromatic heterocycles. The molecule has 0 unspecified atom stereocenters. The lowest BCUT2D eigenvalue weighted by atomic mass is 9.92. The van der Waals surface area contributed by atoms with Crippen LogP contribution in [-0.2, 0) is 0 Å². The van der Waals surface area contributed by atoms with Crippen molar-refractivity contribution < 1.29 is 0 Å². The van der Waals surface area contributed by atoms with Gasteiger partial charge in [0.2, 0.25) is 0 Å². The summed E-state index contributed by atoms with van der Waals surface area (Å²) in [7, 11) is 0. The molecule has 35 heavy (non-hydrogen) atoms. The number of nitriles is 1. The maximum Gasteiger partial charge on any atom is 0.196 e. The zero-order valence-corrected chi connectivity index (χ0v) is 18.8. The van der Waals surface area contributed by atoms with Crippen molar-refractivity contribution >= 4 is 27.5 Å².